The summed E-state index contributed by atoms with van der Waals surface area (Å²) in [4.78, 5) is 0. The maximum Gasteiger partial charge on any atom is 0.229 e. The molecule has 12 nitrogen and oxygen atoms in total. The smallest absolute Gasteiger partial charge is 0.229 e. The number of rotatable bonds is 28. The van der Waals surface area contributed by atoms with Crippen LogP contribution in [-0.4, -0.2) is 128 Å². The third-order valence-electron chi connectivity index (χ3n) is 7.85. The fourth-order valence-corrected chi connectivity index (χ4v) is 5.70. The van der Waals surface area contributed by atoms with Crippen molar-refractivity contribution in [2.24, 2.45) is 0 Å². The molecule has 0 bridgehead atoms. The van der Waals surface area contributed by atoms with Crippen LogP contribution in [0, 0.1) is 0 Å². The molecular weight excluding hydrogens is 672 g/mol. The summed E-state index contributed by atoms with van der Waals surface area (Å²) in [6.45, 7) is 28.4. The Morgan fingerprint density at radius 1 is 0.481 bits per heavy atom. The highest BCUT2D eigenvalue weighted by Gasteiger charge is 2.54. The molecule has 12 heteroatoms. The average Bonchev–Trinajstić information content (AvgIpc) is 3.16. The van der Waals surface area contributed by atoms with Crippen LogP contribution in [0.2, 0.25) is 0 Å². The van der Waals surface area contributed by atoms with Gasteiger partial charge in [-0.25, -0.2) is 0 Å². The van der Waals surface area contributed by atoms with Crippen molar-refractivity contribution >= 4 is 0 Å². The first-order valence-electron chi connectivity index (χ1n) is 17.3. The Morgan fingerprint density at radius 3 is 1.35 bits per heavy atom. The summed E-state index contributed by atoms with van der Waals surface area (Å²) in [5.74, 6) is 1.20. The van der Waals surface area contributed by atoms with Crippen molar-refractivity contribution in [3.8, 4) is 11.5 Å². The molecule has 0 aromatic heterocycles. The van der Waals surface area contributed by atoms with E-state index in [1.165, 1.54) is 0 Å². The molecule has 2 heterocycles. The molecule has 0 saturated carbocycles. The summed E-state index contributed by atoms with van der Waals surface area (Å²) in [5.41, 5.74) is 0. The van der Waals surface area contributed by atoms with Crippen molar-refractivity contribution in [1.82, 2.24) is 0 Å². The molecule has 0 amide bonds. The fourth-order valence-electron chi connectivity index (χ4n) is 5.70. The lowest BCUT2D eigenvalue weighted by Gasteiger charge is -2.50. The molecule has 3 rings (SSSR count). The van der Waals surface area contributed by atoms with Crippen LogP contribution < -0.4 is 9.47 Å². The Kier molecular flexibility index (Phi) is 20.5. The Hall–Kier alpha value is -3.40. The molecule has 2 saturated heterocycles. The van der Waals surface area contributed by atoms with Gasteiger partial charge in [0.15, 0.2) is 6.29 Å². The van der Waals surface area contributed by atoms with Gasteiger partial charge in [0.2, 0.25) is 6.29 Å². The molecule has 0 aliphatic carbocycles. The first kappa shape index (κ1) is 43.0. The number of methoxy groups -OCH3 is 1. The molecule has 0 radical (unpaired) electrons. The van der Waals surface area contributed by atoms with E-state index in [1.54, 1.807) is 73.9 Å². The monoisotopic (exact) mass is 728 g/mol. The Labute approximate surface area is 308 Å². The first-order valence-corrected chi connectivity index (χ1v) is 17.3. The molecule has 0 unspecified atom stereocenters. The predicted octanol–water partition coefficient (Wildman–Crippen LogP) is 5.17. The largest absolute Gasteiger partial charge is 0.497 e. The summed E-state index contributed by atoms with van der Waals surface area (Å²) in [7, 11) is 1.59. The lowest BCUT2D eigenvalue weighted by atomic mass is 9.96. The summed E-state index contributed by atoms with van der Waals surface area (Å²) in [5, 5.41) is 0. The van der Waals surface area contributed by atoms with E-state index >= 15 is 0 Å². The van der Waals surface area contributed by atoms with Gasteiger partial charge in [-0.1, -0.05) is 42.5 Å². The van der Waals surface area contributed by atoms with Crippen molar-refractivity contribution in [2.45, 2.75) is 61.4 Å². The molecule has 2 aliphatic rings. The minimum atomic E-state index is -1.06. The van der Waals surface area contributed by atoms with Crippen molar-refractivity contribution < 1.29 is 56.8 Å². The van der Waals surface area contributed by atoms with Gasteiger partial charge in [-0.2, -0.15) is 0 Å². The van der Waals surface area contributed by atoms with Crippen molar-refractivity contribution in [3.05, 3.63) is 113 Å². The third kappa shape index (κ3) is 12.9. The Morgan fingerprint density at radius 2 is 0.865 bits per heavy atom. The summed E-state index contributed by atoms with van der Waals surface area (Å²) in [6, 6.07) is 7.13. The zero-order valence-corrected chi connectivity index (χ0v) is 30.3. The van der Waals surface area contributed by atoms with Gasteiger partial charge < -0.3 is 56.8 Å². The zero-order chi connectivity index (χ0) is 37.6. The highest BCUT2D eigenvalue weighted by atomic mass is 16.8. The minimum Gasteiger partial charge on any atom is -0.497 e. The highest BCUT2D eigenvalue weighted by molar-refractivity contribution is 5.31. The second-order valence-corrected chi connectivity index (χ2v) is 11.6. The SMILES string of the molecule is C=CCOC[C@H]1O[C@@H](O[C@H]2[C@H](OCC=C)[C@@H](OCC=C)[C@H](Oc3ccc(OC)cc3)O[C@@H]2COCC=C)[C@H](OCC=C)[C@@H](OCC=C)[C@H]1OCC=C. The van der Waals surface area contributed by atoms with Crippen LogP contribution in [0.1, 0.15) is 0 Å². The summed E-state index contributed by atoms with van der Waals surface area (Å²) < 4.78 is 75.4. The Balaban J connectivity index is 2.09. The molecular formula is C40H56O12. The van der Waals surface area contributed by atoms with Crippen LogP contribution in [0.25, 0.3) is 0 Å². The van der Waals surface area contributed by atoms with E-state index in [4.69, 9.17) is 56.8 Å². The zero-order valence-electron chi connectivity index (χ0n) is 30.3. The van der Waals surface area contributed by atoms with Gasteiger partial charge in [-0.05, 0) is 24.3 Å². The van der Waals surface area contributed by atoms with E-state index in [-0.39, 0.29) is 52.9 Å². The second-order valence-electron chi connectivity index (χ2n) is 11.6. The van der Waals surface area contributed by atoms with Gasteiger partial charge in [0, 0.05) is 0 Å². The lowest BCUT2D eigenvalue weighted by molar-refractivity contribution is -0.365. The van der Waals surface area contributed by atoms with Crippen LogP contribution in [0.4, 0.5) is 0 Å². The van der Waals surface area contributed by atoms with Gasteiger partial charge in [-0.15, -0.1) is 46.1 Å². The van der Waals surface area contributed by atoms with Crippen LogP contribution in [0.15, 0.2) is 113 Å². The molecule has 10 atom stereocenters. The van der Waals surface area contributed by atoms with Crippen molar-refractivity contribution in [1.29, 1.82) is 0 Å². The van der Waals surface area contributed by atoms with E-state index in [0.29, 0.717) is 18.1 Å². The topological polar surface area (TPSA) is 111 Å². The molecule has 0 spiro atoms. The van der Waals surface area contributed by atoms with Gasteiger partial charge >= 0.3 is 0 Å². The average molecular weight is 729 g/mol. The van der Waals surface area contributed by atoms with Gasteiger partial charge in [0.25, 0.3) is 0 Å². The van der Waals surface area contributed by atoms with Crippen LogP contribution in [-0.2, 0) is 47.4 Å². The molecule has 288 valence electrons. The predicted molar refractivity (Wildman–Crippen MR) is 198 cm³/mol. The van der Waals surface area contributed by atoms with E-state index in [2.05, 4.69) is 46.1 Å². The van der Waals surface area contributed by atoms with Gasteiger partial charge in [-0.3, -0.25) is 0 Å². The Bertz CT molecular complexity index is 1220. The van der Waals surface area contributed by atoms with E-state index in [0.717, 1.165) is 0 Å². The maximum atomic E-state index is 6.93. The van der Waals surface area contributed by atoms with Crippen LogP contribution >= 0.6 is 0 Å². The molecule has 2 fully saturated rings. The van der Waals surface area contributed by atoms with Crippen LogP contribution in [0.3, 0.4) is 0 Å². The number of hydrogen-bond acceptors (Lipinski definition) is 12. The summed E-state index contributed by atoms with van der Waals surface area (Å²) >= 11 is 0. The third-order valence-corrected chi connectivity index (χ3v) is 7.85. The second kappa shape index (κ2) is 24.8. The normalized spacial score (nSPS) is 28.6. The van der Waals surface area contributed by atoms with Gasteiger partial charge in [0.05, 0.1) is 66.6 Å². The van der Waals surface area contributed by atoms with Crippen molar-refractivity contribution in [2.75, 3.05) is 66.6 Å². The van der Waals surface area contributed by atoms with Gasteiger partial charge in [0.1, 0.15) is 60.3 Å². The lowest BCUT2D eigenvalue weighted by Crippen LogP contribution is -2.67. The minimum absolute atomic E-state index is 0.0829. The quantitative estimate of drug-likeness (QED) is 0.0839. The fraction of sp³-hybridized carbons (Fsp3) is 0.500. The number of ether oxygens (including phenoxy) is 12. The number of hydrogen-bond donors (Lipinski definition) is 0. The van der Waals surface area contributed by atoms with E-state index < -0.39 is 61.4 Å². The van der Waals surface area contributed by atoms with Crippen LogP contribution in [0.5, 0.6) is 11.5 Å². The molecule has 2 aliphatic heterocycles. The van der Waals surface area contributed by atoms with E-state index in [9.17, 15) is 0 Å². The molecule has 52 heavy (non-hydrogen) atoms. The first-order chi connectivity index (χ1) is 25.5. The highest BCUT2D eigenvalue weighted by Crippen LogP contribution is 2.36. The molecule has 1 aromatic rings. The standard InChI is InChI=1S/C40H56O12/c1-9-20-42-27-31-33(44-22-11-3)35(45-23-12-4)37(47-25-14-6)40(50-31)52-34-32(28-43-21-10-2)51-39(49-30-18-16-29(41-8)17-19-30)38(48-26-15-7)36(34)46-24-13-5/h9-19,31-40H,1-7,20-28H2,8H3/t31-,32-,33+,34-,35+,36+,37-,38-,39-,40+/m1/s1. The molecule has 1 aromatic carbocycles. The van der Waals surface area contributed by atoms with Crippen molar-refractivity contribution in [3.63, 3.8) is 0 Å². The summed E-state index contributed by atoms with van der Waals surface area (Å²) in [6.07, 6.45) is 3.44. The maximum absolute atomic E-state index is 6.93. The van der Waals surface area contributed by atoms with E-state index in [1.807, 2.05) is 0 Å². The molecule has 0 N–H and O–H groups in total. The number of benzene rings is 1.